The summed E-state index contributed by atoms with van der Waals surface area (Å²) in [6.07, 6.45) is 0.818. The molecule has 37 heavy (non-hydrogen) atoms. The van der Waals surface area contributed by atoms with Gasteiger partial charge in [0.1, 0.15) is 22.5 Å². The molecule has 1 aliphatic rings. The summed E-state index contributed by atoms with van der Waals surface area (Å²) >= 11 is 1.09. The second kappa shape index (κ2) is 10.5. The maximum absolute atomic E-state index is 11.3. The number of carboxylic acid groups (broad SMARTS) is 1. The quantitative estimate of drug-likeness (QED) is 0.280. The molecule has 0 radical (unpaired) electrons. The molecular weight excluding hydrogens is 498 g/mol. The minimum Gasteiger partial charge on any atom is -0.480 e. The Morgan fingerprint density at radius 1 is 1.27 bits per heavy atom. The van der Waals surface area contributed by atoms with Gasteiger partial charge in [0, 0.05) is 7.05 Å². The number of anilines is 1. The SMILES string of the molecule is CNc1c(C#N)nsc1C#Cc1nc2oc(C3(C(=O)O)CC3)nc2o1.Cc1ccccc1C(C)OC=O. The molecule has 12 heteroatoms. The van der Waals surface area contributed by atoms with Crippen LogP contribution < -0.4 is 5.32 Å². The molecule has 11 nitrogen and oxygen atoms in total. The monoisotopic (exact) mass is 519 g/mol. The smallest absolute Gasteiger partial charge is 0.319 e. The van der Waals surface area contributed by atoms with Gasteiger partial charge in [-0.05, 0) is 61.2 Å². The Morgan fingerprint density at radius 2 is 2.00 bits per heavy atom. The fourth-order valence-corrected chi connectivity index (χ4v) is 4.24. The number of fused-ring (bicyclic) bond motifs is 1. The van der Waals surface area contributed by atoms with E-state index in [4.69, 9.17) is 18.8 Å². The molecule has 3 heterocycles. The number of carboxylic acids is 1. The molecule has 0 bridgehead atoms. The summed E-state index contributed by atoms with van der Waals surface area (Å²) in [7, 11) is 1.68. The number of aromatic nitrogens is 3. The maximum Gasteiger partial charge on any atom is 0.319 e. The van der Waals surface area contributed by atoms with Crippen LogP contribution in [0.5, 0.6) is 0 Å². The normalized spacial score (nSPS) is 13.8. The van der Waals surface area contributed by atoms with E-state index in [1.807, 2.05) is 44.2 Å². The Hall–Kier alpha value is -4.68. The first-order valence-corrected chi connectivity index (χ1v) is 11.9. The van der Waals surface area contributed by atoms with Crippen LogP contribution in [0.15, 0.2) is 33.1 Å². The number of rotatable bonds is 6. The highest BCUT2D eigenvalue weighted by Crippen LogP contribution is 2.48. The molecule has 188 valence electrons. The first-order valence-electron chi connectivity index (χ1n) is 11.1. The zero-order valence-electron chi connectivity index (χ0n) is 20.1. The molecule has 0 saturated heterocycles. The predicted molar refractivity (Wildman–Crippen MR) is 132 cm³/mol. The van der Waals surface area contributed by atoms with Crippen LogP contribution in [-0.4, -0.2) is 38.9 Å². The Morgan fingerprint density at radius 3 is 2.59 bits per heavy atom. The van der Waals surface area contributed by atoms with Crippen LogP contribution in [0.3, 0.4) is 0 Å². The molecule has 4 aromatic rings. The third kappa shape index (κ3) is 5.15. The Bertz CT molecular complexity index is 1530. The van der Waals surface area contributed by atoms with Crippen molar-refractivity contribution in [1.82, 2.24) is 14.3 Å². The number of benzene rings is 1. The maximum atomic E-state index is 11.3. The van der Waals surface area contributed by atoms with Crippen LogP contribution in [0.25, 0.3) is 11.4 Å². The number of hydrogen-bond acceptors (Lipinski definition) is 11. The molecule has 0 aliphatic heterocycles. The van der Waals surface area contributed by atoms with Gasteiger partial charge in [-0.2, -0.15) is 19.6 Å². The van der Waals surface area contributed by atoms with Gasteiger partial charge in [0.05, 0.1) is 5.69 Å². The Balaban J connectivity index is 0.000000225. The van der Waals surface area contributed by atoms with Crippen molar-refractivity contribution in [2.75, 3.05) is 12.4 Å². The zero-order chi connectivity index (χ0) is 26.6. The topological polar surface area (TPSA) is 164 Å². The first-order chi connectivity index (χ1) is 17.8. The molecule has 1 unspecified atom stereocenters. The van der Waals surface area contributed by atoms with Crippen molar-refractivity contribution in [3.8, 4) is 17.9 Å². The highest BCUT2D eigenvalue weighted by molar-refractivity contribution is 7.07. The van der Waals surface area contributed by atoms with E-state index in [0.717, 1.165) is 22.7 Å². The van der Waals surface area contributed by atoms with Crippen molar-refractivity contribution in [3.63, 3.8) is 0 Å². The number of nitrogens with one attached hydrogen (secondary N) is 1. The molecular formula is C25H21N5O6S. The summed E-state index contributed by atoms with van der Waals surface area (Å²) in [6, 6.07) is 9.84. The standard InChI is InChI=1S/C15H9N5O4S.C10H12O2/c1-17-10-7(6-16)20-25-8(10)2-3-9-18-11-12(23-9)19-13(24-11)15(4-5-15)14(21)22;1-8-5-3-4-6-10(8)9(2)12-7-11/h17H,4-5H2,1H3,(H,21,22);3-7,9H,1-2H3. The van der Waals surface area contributed by atoms with Gasteiger partial charge in [-0.1, -0.05) is 24.3 Å². The molecule has 1 aromatic carbocycles. The van der Waals surface area contributed by atoms with Crippen molar-refractivity contribution in [1.29, 1.82) is 5.26 Å². The minimum atomic E-state index is -1.05. The minimum absolute atomic E-state index is 0.0851. The van der Waals surface area contributed by atoms with Crippen molar-refractivity contribution >= 4 is 41.1 Å². The molecule has 1 saturated carbocycles. The number of carbonyl (C=O) groups excluding carboxylic acids is 1. The summed E-state index contributed by atoms with van der Waals surface area (Å²) in [6.45, 7) is 4.34. The van der Waals surface area contributed by atoms with Crippen LogP contribution in [0, 0.1) is 30.1 Å². The van der Waals surface area contributed by atoms with Crippen molar-refractivity contribution in [2.24, 2.45) is 0 Å². The zero-order valence-corrected chi connectivity index (χ0v) is 20.9. The molecule has 2 N–H and O–H groups in total. The average molecular weight is 520 g/mol. The van der Waals surface area contributed by atoms with Gasteiger partial charge in [-0.25, -0.2) is 0 Å². The van der Waals surface area contributed by atoms with Gasteiger partial charge in [-0.3, -0.25) is 9.59 Å². The number of nitriles is 1. The van der Waals surface area contributed by atoms with Crippen LogP contribution in [0.4, 0.5) is 5.69 Å². The van der Waals surface area contributed by atoms with Crippen molar-refractivity contribution in [3.05, 3.63) is 57.7 Å². The van der Waals surface area contributed by atoms with Crippen LogP contribution in [0.1, 0.15) is 59.3 Å². The number of ether oxygens (including phenoxy) is 1. The number of carbonyl (C=O) groups is 2. The molecule has 1 atom stereocenters. The van der Waals surface area contributed by atoms with Crippen molar-refractivity contribution < 1.29 is 28.3 Å². The lowest BCUT2D eigenvalue weighted by Gasteiger charge is -2.11. The molecule has 3 aromatic heterocycles. The number of aryl methyl sites for hydroxylation is 1. The summed E-state index contributed by atoms with van der Waals surface area (Å²) in [5, 5.41) is 21.1. The summed E-state index contributed by atoms with van der Waals surface area (Å²) in [4.78, 5) is 30.1. The predicted octanol–water partition coefficient (Wildman–Crippen LogP) is 3.93. The van der Waals surface area contributed by atoms with E-state index in [1.54, 1.807) is 7.05 Å². The fourth-order valence-electron chi connectivity index (χ4n) is 3.54. The van der Waals surface area contributed by atoms with E-state index in [1.165, 1.54) is 0 Å². The molecule has 0 amide bonds. The number of hydrogen-bond donors (Lipinski definition) is 2. The van der Waals surface area contributed by atoms with Gasteiger partial charge in [0.15, 0.2) is 5.69 Å². The van der Waals surface area contributed by atoms with Gasteiger partial charge in [-0.15, -0.1) is 0 Å². The van der Waals surface area contributed by atoms with Gasteiger partial charge in [0.2, 0.25) is 5.89 Å². The van der Waals surface area contributed by atoms with Crippen LogP contribution in [-0.2, 0) is 19.7 Å². The van der Waals surface area contributed by atoms with E-state index in [2.05, 4.69) is 31.5 Å². The number of oxazole rings is 2. The highest BCUT2D eigenvalue weighted by atomic mass is 32.1. The third-order valence-corrected chi connectivity index (χ3v) is 6.52. The van der Waals surface area contributed by atoms with Crippen molar-refractivity contribution in [2.45, 2.75) is 38.2 Å². The molecule has 1 fully saturated rings. The average Bonchev–Trinajstić information content (AvgIpc) is 3.25. The molecule has 5 rings (SSSR count). The fraction of sp³-hybridized carbons (Fsp3) is 0.280. The number of aliphatic carboxylic acids is 1. The lowest BCUT2D eigenvalue weighted by Crippen LogP contribution is -2.19. The number of nitrogens with zero attached hydrogens (tertiary/aromatic N) is 4. The Labute approximate surface area is 215 Å². The lowest BCUT2D eigenvalue weighted by molar-refractivity contribution is -0.140. The second-order valence-corrected chi connectivity index (χ2v) is 8.89. The second-order valence-electron chi connectivity index (χ2n) is 8.11. The molecule has 0 spiro atoms. The largest absolute Gasteiger partial charge is 0.480 e. The first kappa shape index (κ1) is 25.4. The van der Waals surface area contributed by atoms with Crippen LogP contribution >= 0.6 is 11.5 Å². The summed E-state index contributed by atoms with van der Waals surface area (Å²) in [5.41, 5.74) is 2.20. The van der Waals surface area contributed by atoms with E-state index < -0.39 is 11.4 Å². The molecule has 1 aliphatic carbocycles. The summed E-state index contributed by atoms with van der Waals surface area (Å²) in [5.74, 6) is 4.79. The van der Waals surface area contributed by atoms with Crippen LogP contribution in [0.2, 0.25) is 0 Å². The van der Waals surface area contributed by atoms with E-state index in [9.17, 15) is 14.7 Å². The van der Waals surface area contributed by atoms with E-state index >= 15 is 0 Å². The summed E-state index contributed by atoms with van der Waals surface area (Å²) < 4.78 is 19.6. The Kier molecular flexibility index (Phi) is 7.22. The van der Waals surface area contributed by atoms with Gasteiger partial charge >= 0.3 is 5.97 Å². The van der Waals surface area contributed by atoms with Gasteiger partial charge < -0.3 is 24.0 Å². The van der Waals surface area contributed by atoms with Gasteiger partial charge in [0.25, 0.3) is 23.8 Å². The lowest BCUT2D eigenvalue weighted by atomic mass is 10.1. The van der Waals surface area contributed by atoms with E-state index in [0.29, 0.717) is 29.9 Å². The van der Waals surface area contributed by atoms with E-state index in [-0.39, 0.29) is 35.0 Å². The highest BCUT2D eigenvalue weighted by Gasteiger charge is 2.56. The third-order valence-electron chi connectivity index (χ3n) is 5.76.